The van der Waals surface area contributed by atoms with Gasteiger partial charge in [-0.15, -0.1) is 0 Å². The Morgan fingerprint density at radius 3 is 3.00 bits per heavy atom. The SMILES string of the molecule is COC(=O)CC1COC(C)(c2ccc(Cl)o2)O1. The van der Waals surface area contributed by atoms with Crippen LogP contribution in [0, 0.1) is 0 Å². The van der Waals surface area contributed by atoms with Gasteiger partial charge in [0.05, 0.1) is 26.2 Å². The largest absolute Gasteiger partial charge is 0.469 e. The molecule has 0 saturated carbocycles. The summed E-state index contributed by atoms with van der Waals surface area (Å²) in [6, 6.07) is 3.30. The Bertz CT molecular complexity index is 416. The number of rotatable bonds is 3. The highest BCUT2D eigenvalue weighted by atomic mass is 35.5. The van der Waals surface area contributed by atoms with Crippen molar-refractivity contribution >= 4 is 17.6 Å². The van der Waals surface area contributed by atoms with Crippen molar-refractivity contribution in [2.45, 2.75) is 25.2 Å². The fourth-order valence-electron chi connectivity index (χ4n) is 1.70. The molecule has 1 saturated heterocycles. The van der Waals surface area contributed by atoms with E-state index in [1.807, 2.05) is 0 Å². The molecule has 0 aromatic carbocycles. The van der Waals surface area contributed by atoms with Gasteiger partial charge in [-0.3, -0.25) is 4.79 Å². The van der Waals surface area contributed by atoms with Crippen LogP contribution in [-0.4, -0.2) is 25.8 Å². The number of halogens is 1. The number of methoxy groups -OCH3 is 1. The highest BCUT2D eigenvalue weighted by Gasteiger charge is 2.42. The molecule has 0 amide bonds. The molecule has 1 aromatic heterocycles. The van der Waals surface area contributed by atoms with Crippen LogP contribution in [-0.2, 0) is 24.8 Å². The molecular weight excluding hydrogens is 248 g/mol. The van der Waals surface area contributed by atoms with Crippen LogP contribution in [0.2, 0.25) is 5.22 Å². The average molecular weight is 261 g/mol. The molecule has 0 bridgehead atoms. The summed E-state index contributed by atoms with van der Waals surface area (Å²) in [5, 5.41) is 0.268. The lowest BCUT2D eigenvalue weighted by Gasteiger charge is -2.20. The lowest BCUT2D eigenvalue weighted by Crippen LogP contribution is -2.24. The minimum Gasteiger partial charge on any atom is -0.469 e. The van der Waals surface area contributed by atoms with Crippen molar-refractivity contribution in [3.8, 4) is 0 Å². The quantitative estimate of drug-likeness (QED) is 0.779. The van der Waals surface area contributed by atoms with Crippen LogP contribution >= 0.6 is 11.6 Å². The van der Waals surface area contributed by atoms with Crippen molar-refractivity contribution in [1.82, 2.24) is 0 Å². The zero-order valence-electron chi connectivity index (χ0n) is 9.57. The molecule has 2 rings (SSSR count). The van der Waals surface area contributed by atoms with Gasteiger partial charge in [0.2, 0.25) is 5.79 Å². The molecule has 0 radical (unpaired) electrons. The van der Waals surface area contributed by atoms with E-state index in [1.54, 1.807) is 19.1 Å². The fourth-order valence-corrected chi connectivity index (χ4v) is 1.84. The molecule has 0 spiro atoms. The van der Waals surface area contributed by atoms with Gasteiger partial charge in [-0.25, -0.2) is 0 Å². The van der Waals surface area contributed by atoms with Crippen LogP contribution < -0.4 is 0 Å². The fraction of sp³-hybridized carbons (Fsp3) is 0.545. The van der Waals surface area contributed by atoms with Gasteiger partial charge in [-0.2, -0.15) is 0 Å². The van der Waals surface area contributed by atoms with E-state index in [4.69, 9.17) is 25.5 Å². The van der Waals surface area contributed by atoms with Crippen LogP contribution in [0.4, 0.5) is 0 Å². The molecule has 1 fully saturated rings. The minimum absolute atomic E-state index is 0.153. The predicted molar refractivity (Wildman–Crippen MR) is 58.5 cm³/mol. The van der Waals surface area contributed by atoms with Crippen LogP contribution in [0.5, 0.6) is 0 Å². The first kappa shape index (κ1) is 12.4. The molecule has 2 unspecified atom stereocenters. The van der Waals surface area contributed by atoms with Crippen molar-refractivity contribution in [2.24, 2.45) is 0 Å². The summed E-state index contributed by atoms with van der Waals surface area (Å²) >= 11 is 5.69. The summed E-state index contributed by atoms with van der Waals surface area (Å²) in [7, 11) is 1.34. The maximum atomic E-state index is 11.1. The number of furan rings is 1. The Balaban J connectivity index is 2.03. The monoisotopic (exact) mass is 260 g/mol. The van der Waals surface area contributed by atoms with E-state index in [9.17, 15) is 4.79 Å². The molecule has 17 heavy (non-hydrogen) atoms. The van der Waals surface area contributed by atoms with Crippen LogP contribution in [0.25, 0.3) is 0 Å². The second-order valence-corrected chi connectivity index (χ2v) is 4.25. The highest BCUT2D eigenvalue weighted by molar-refractivity contribution is 6.28. The van der Waals surface area contributed by atoms with Crippen molar-refractivity contribution in [1.29, 1.82) is 0 Å². The molecule has 2 atom stereocenters. The summed E-state index contributed by atoms with van der Waals surface area (Å²) < 4.78 is 21.0. The highest BCUT2D eigenvalue weighted by Crippen LogP contribution is 2.36. The van der Waals surface area contributed by atoms with Gasteiger partial charge in [0.1, 0.15) is 0 Å². The van der Waals surface area contributed by atoms with Gasteiger partial charge in [-0.05, 0) is 30.7 Å². The van der Waals surface area contributed by atoms with Gasteiger partial charge in [-0.1, -0.05) is 0 Å². The molecule has 1 aliphatic rings. The Labute approximate surface area is 104 Å². The molecule has 1 aromatic rings. The van der Waals surface area contributed by atoms with Gasteiger partial charge in [0.15, 0.2) is 11.0 Å². The zero-order valence-corrected chi connectivity index (χ0v) is 10.3. The number of carbonyl (C=O) groups is 1. The number of hydrogen-bond acceptors (Lipinski definition) is 5. The number of carbonyl (C=O) groups excluding carboxylic acids is 1. The Morgan fingerprint density at radius 1 is 1.65 bits per heavy atom. The van der Waals surface area contributed by atoms with Gasteiger partial charge in [0.25, 0.3) is 0 Å². The third-order valence-electron chi connectivity index (χ3n) is 2.58. The Hall–Kier alpha value is -1.04. The summed E-state index contributed by atoms with van der Waals surface area (Å²) in [6.07, 6.45) is -0.183. The second kappa shape index (κ2) is 4.68. The van der Waals surface area contributed by atoms with E-state index in [0.717, 1.165) is 0 Å². The zero-order chi connectivity index (χ0) is 12.5. The van der Waals surface area contributed by atoms with Gasteiger partial charge in [0, 0.05) is 0 Å². The smallest absolute Gasteiger partial charge is 0.308 e. The van der Waals surface area contributed by atoms with Crippen molar-refractivity contribution < 1.29 is 23.4 Å². The standard InChI is InChI=1S/C11H13ClO5/c1-11(8-3-4-9(12)16-8)15-6-7(17-11)5-10(13)14-2/h3-4,7H,5-6H2,1-2H3. The van der Waals surface area contributed by atoms with E-state index in [-0.39, 0.29) is 23.7 Å². The molecule has 2 heterocycles. The van der Waals surface area contributed by atoms with E-state index in [0.29, 0.717) is 12.4 Å². The second-order valence-electron chi connectivity index (χ2n) is 3.88. The average Bonchev–Trinajstić information content (AvgIpc) is 2.87. The van der Waals surface area contributed by atoms with Gasteiger partial charge >= 0.3 is 5.97 Å². The molecule has 94 valence electrons. The molecule has 0 N–H and O–H groups in total. The van der Waals surface area contributed by atoms with Crippen molar-refractivity contribution in [3.63, 3.8) is 0 Å². The molecule has 0 aliphatic carbocycles. The van der Waals surface area contributed by atoms with Crippen LogP contribution in [0.3, 0.4) is 0 Å². The summed E-state index contributed by atoms with van der Waals surface area (Å²) in [4.78, 5) is 11.1. The van der Waals surface area contributed by atoms with E-state index >= 15 is 0 Å². The maximum absolute atomic E-state index is 11.1. The van der Waals surface area contributed by atoms with E-state index < -0.39 is 5.79 Å². The lowest BCUT2D eigenvalue weighted by molar-refractivity contribution is -0.177. The van der Waals surface area contributed by atoms with Crippen molar-refractivity contribution in [2.75, 3.05) is 13.7 Å². The lowest BCUT2D eigenvalue weighted by atomic mass is 10.2. The first-order valence-corrected chi connectivity index (χ1v) is 5.56. The number of ether oxygens (including phenoxy) is 3. The third-order valence-corrected chi connectivity index (χ3v) is 2.78. The maximum Gasteiger partial charge on any atom is 0.308 e. The van der Waals surface area contributed by atoms with Gasteiger partial charge < -0.3 is 18.6 Å². The molecule has 1 aliphatic heterocycles. The van der Waals surface area contributed by atoms with Crippen molar-refractivity contribution in [3.05, 3.63) is 23.1 Å². The summed E-state index contributed by atoms with van der Waals surface area (Å²) in [5.74, 6) is -0.846. The first-order valence-electron chi connectivity index (χ1n) is 5.18. The van der Waals surface area contributed by atoms with Crippen LogP contribution in [0.15, 0.2) is 16.5 Å². The molecule has 6 heteroatoms. The van der Waals surface area contributed by atoms with E-state index in [1.165, 1.54) is 7.11 Å². The normalized spacial score (nSPS) is 28.3. The van der Waals surface area contributed by atoms with E-state index in [2.05, 4.69) is 4.74 Å². The number of hydrogen-bond donors (Lipinski definition) is 0. The minimum atomic E-state index is -0.994. The summed E-state index contributed by atoms with van der Waals surface area (Å²) in [6.45, 7) is 2.03. The Morgan fingerprint density at radius 2 is 2.41 bits per heavy atom. The predicted octanol–water partition coefficient (Wildman–Crippen LogP) is 2.08. The molecular formula is C11H13ClO5. The van der Waals surface area contributed by atoms with Crippen LogP contribution in [0.1, 0.15) is 19.1 Å². The Kier molecular flexibility index (Phi) is 3.42. The first-order chi connectivity index (χ1) is 8.03. The number of esters is 1. The molecule has 5 nitrogen and oxygen atoms in total. The third kappa shape index (κ3) is 2.62. The topological polar surface area (TPSA) is 57.9 Å². The summed E-state index contributed by atoms with van der Waals surface area (Å²) in [5.41, 5.74) is 0.